The van der Waals surface area contributed by atoms with Crippen LogP contribution in [0.3, 0.4) is 0 Å². The average molecular weight is 160 g/mol. The molecule has 0 amide bonds. The fourth-order valence-electron chi connectivity index (χ4n) is 1.16. The van der Waals surface area contributed by atoms with E-state index in [1.165, 1.54) is 0 Å². The van der Waals surface area contributed by atoms with E-state index in [1.807, 2.05) is 6.92 Å². The van der Waals surface area contributed by atoms with Crippen molar-refractivity contribution in [3.05, 3.63) is 23.3 Å². The molecular formula is C8H10B2O2. The second kappa shape index (κ2) is 3.33. The highest BCUT2D eigenvalue weighted by molar-refractivity contribution is 6.60. The molecular weight excluding hydrogens is 150 g/mol. The molecule has 60 valence electrons. The zero-order valence-electron chi connectivity index (χ0n) is 7.20. The average Bonchev–Trinajstić information content (AvgIpc) is 2.00. The first kappa shape index (κ1) is 9.36. The Balaban J connectivity index is 3.27. The maximum atomic E-state index is 8.92. The number of rotatable bonds is 1. The summed E-state index contributed by atoms with van der Waals surface area (Å²) in [7, 11) is 4.26. The van der Waals surface area contributed by atoms with Gasteiger partial charge in [-0.1, -0.05) is 28.7 Å². The summed E-state index contributed by atoms with van der Waals surface area (Å²) < 4.78 is 0. The van der Waals surface area contributed by atoms with Crippen LogP contribution in [0, 0.1) is 13.8 Å². The maximum Gasteiger partial charge on any atom is 0.488 e. The molecule has 0 aliphatic rings. The van der Waals surface area contributed by atoms with E-state index in [0.717, 1.165) is 11.1 Å². The van der Waals surface area contributed by atoms with Gasteiger partial charge in [-0.05, 0) is 19.3 Å². The summed E-state index contributed by atoms with van der Waals surface area (Å²) in [6.45, 7) is 3.66. The molecule has 12 heavy (non-hydrogen) atoms. The molecule has 0 bridgehead atoms. The summed E-state index contributed by atoms with van der Waals surface area (Å²) in [4.78, 5) is 0. The van der Waals surface area contributed by atoms with Crippen molar-refractivity contribution in [3.8, 4) is 0 Å². The van der Waals surface area contributed by atoms with Crippen LogP contribution >= 0.6 is 0 Å². The normalized spacial score (nSPS) is 10.0. The first-order valence-electron chi connectivity index (χ1n) is 3.75. The highest BCUT2D eigenvalue weighted by atomic mass is 16.4. The predicted octanol–water partition coefficient (Wildman–Crippen LogP) is -1.22. The van der Waals surface area contributed by atoms with Crippen molar-refractivity contribution in [1.82, 2.24) is 0 Å². The third-order valence-corrected chi connectivity index (χ3v) is 2.05. The van der Waals surface area contributed by atoms with Crippen molar-refractivity contribution in [1.29, 1.82) is 0 Å². The molecule has 0 heterocycles. The number of hydrogen-bond donors (Lipinski definition) is 2. The lowest BCUT2D eigenvalue weighted by Crippen LogP contribution is -2.36. The Morgan fingerprint density at radius 3 is 2.33 bits per heavy atom. The van der Waals surface area contributed by atoms with Crippen molar-refractivity contribution >= 4 is 25.9 Å². The zero-order valence-corrected chi connectivity index (χ0v) is 7.20. The van der Waals surface area contributed by atoms with Gasteiger partial charge in [0.05, 0.1) is 0 Å². The second-order valence-corrected chi connectivity index (χ2v) is 2.88. The first-order chi connectivity index (χ1) is 5.54. The van der Waals surface area contributed by atoms with Crippen LogP contribution in [0.5, 0.6) is 0 Å². The summed E-state index contributed by atoms with van der Waals surface area (Å²) in [6.07, 6.45) is 0. The van der Waals surface area contributed by atoms with Gasteiger partial charge in [0, 0.05) is 0 Å². The van der Waals surface area contributed by atoms with Crippen LogP contribution in [0.1, 0.15) is 11.1 Å². The molecule has 0 aliphatic carbocycles. The molecule has 0 saturated heterocycles. The van der Waals surface area contributed by atoms with Crippen molar-refractivity contribution < 1.29 is 10.0 Å². The van der Waals surface area contributed by atoms with Crippen molar-refractivity contribution in [2.45, 2.75) is 13.8 Å². The molecule has 2 N–H and O–H groups in total. The summed E-state index contributed by atoms with van der Waals surface area (Å²) in [5.74, 6) is 0. The van der Waals surface area contributed by atoms with Gasteiger partial charge in [-0.2, -0.15) is 0 Å². The van der Waals surface area contributed by atoms with Gasteiger partial charge in [0.15, 0.2) is 0 Å². The fraction of sp³-hybridized carbons (Fsp3) is 0.250. The molecule has 2 radical (unpaired) electrons. The predicted molar refractivity (Wildman–Crippen MR) is 51.1 cm³/mol. The number of hydrogen-bond acceptors (Lipinski definition) is 2. The Morgan fingerprint density at radius 2 is 1.83 bits per heavy atom. The third-order valence-electron chi connectivity index (χ3n) is 2.05. The lowest BCUT2D eigenvalue weighted by Gasteiger charge is -2.10. The molecule has 0 fully saturated rings. The molecule has 1 aromatic carbocycles. The summed E-state index contributed by atoms with van der Waals surface area (Å²) in [6, 6.07) is 3.45. The SMILES string of the molecule is [B]c1c(C)ccc(B(O)O)c1C. The van der Waals surface area contributed by atoms with Crippen LogP contribution in [0.25, 0.3) is 0 Å². The van der Waals surface area contributed by atoms with E-state index in [-0.39, 0.29) is 0 Å². The van der Waals surface area contributed by atoms with Crippen LogP contribution in [0.15, 0.2) is 12.1 Å². The Kier molecular flexibility index (Phi) is 2.60. The van der Waals surface area contributed by atoms with Gasteiger partial charge >= 0.3 is 7.12 Å². The first-order valence-corrected chi connectivity index (χ1v) is 3.75. The summed E-state index contributed by atoms with van der Waals surface area (Å²) in [5, 5.41) is 17.8. The lowest BCUT2D eigenvalue weighted by molar-refractivity contribution is 0.425. The van der Waals surface area contributed by atoms with E-state index in [0.29, 0.717) is 10.9 Å². The molecule has 4 heteroatoms. The lowest BCUT2D eigenvalue weighted by atomic mass is 9.72. The van der Waals surface area contributed by atoms with E-state index in [2.05, 4.69) is 0 Å². The quantitative estimate of drug-likeness (QED) is 0.505. The highest BCUT2D eigenvalue weighted by Crippen LogP contribution is 1.96. The van der Waals surface area contributed by atoms with Crippen LogP contribution in [-0.4, -0.2) is 25.0 Å². The third kappa shape index (κ3) is 1.54. The summed E-state index contributed by atoms with van der Waals surface area (Å²) >= 11 is 0. The Bertz CT molecular complexity index is 297. The van der Waals surface area contributed by atoms with Crippen LogP contribution in [-0.2, 0) is 0 Å². The van der Waals surface area contributed by atoms with Crippen molar-refractivity contribution in [2.24, 2.45) is 0 Å². The van der Waals surface area contributed by atoms with Gasteiger partial charge < -0.3 is 10.0 Å². The molecule has 0 aliphatic heterocycles. The molecule has 2 nitrogen and oxygen atoms in total. The molecule has 0 unspecified atom stereocenters. The van der Waals surface area contributed by atoms with Crippen LogP contribution in [0.2, 0.25) is 0 Å². The Morgan fingerprint density at radius 1 is 1.25 bits per heavy atom. The van der Waals surface area contributed by atoms with Gasteiger partial charge in [-0.15, -0.1) is 0 Å². The van der Waals surface area contributed by atoms with Gasteiger partial charge in [0.2, 0.25) is 0 Å². The second-order valence-electron chi connectivity index (χ2n) is 2.88. The minimum Gasteiger partial charge on any atom is -0.423 e. The van der Waals surface area contributed by atoms with Crippen molar-refractivity contribution in [3.63, 3.8) is 0 Å². The molecule has 1 rings (SSSR count). The van der Waals surface area contributed by atoms with Gasteiger partial charge in [0.25, 0.3) is 0 Å². The van der Waals surface area contributed by atoms with Crippen molar-refractivity contribution in [2.75, 3.05) is 0 Å². The van der Waals surface area contributed by atoms with Gasteiger partial charge in [-0.3, -0.25) is 0 Å². The molecule has 0 spiro atoms. The van der Waals surface area contributed by atoms with E-state index < -0.39 is 7.12 Å². The Hall–Kier alpha value is -0.730. The van der Waals surface area contributed by atoms with E-state index in [4.69, 9.17) is 17.9 Å². The maximum absolute atomic E-state index is 8.92. The largest absolute Gasteiger partial charge is 0.488 e. The number of aryl methyl sites for hydroxylation is 1. The minimum atomic E-state index is -1.44. The van der Waals surface area contributed by atoms with Gasteiger partial charge in [0.1, 0.15) is 7.85 Å². The topological polar surface area (TPSA) is 40.5 Å². The fourth-order valence-corrected chi connectivity index (χ4v) is 1.16. The Labute approximate surface area is 73.8 Å². The van der Waals surface area contributed by atoms with Crippen LogP contribution < -0.4 is 10.9 Å². The summed E-state index contributed by atoms with van der Waals surface area (Å²) in [5.41, 5.74) is 2.79. The standard InChI is InChI=1S/C8H10B2O2/c1-5-3-4-7(10(11)12)6(2)8(5)9/h3-4,11-12H,1-2H3. The minimum absolute atomic E-state index is 0.470. The molecule has 0 saturated carbocycles. The molecule has 0 atom stereocenters. The molecule has 1 aromatic rings. The molecule has 0 aromatic heterocycles. The highest BCUT2D eigenvalue weighted by Gasteiger charge is 2.14. The van der Waals surface area contributed by atoms with E-state index >= 15 is 0 Å². The number of benzene rings is 1. The van der Waals surface area contributed by atoms with E-state index in [9.17, 15) is 0 Å². The van der Waals surface area contributed by atoms with Gasteiger partial charge in [-0.25, -0.2) is 0 Å². The zero-order chi connectivity index (χ0) is 9.30. The van der Waals surface area contributed by atoms with E-state index in [1.54, 1.807) is 19.1 Å². The smallest absolute Gasteiger partial charge is 0.423 e. The van der Waals surface area contributed by atoms with Crippen LogP contribution in [0.4, 0.5) is 0 Å². The monoisotopic (exact) mass is 160 g/mol.